The summed E-state index contributed by atoms with van der Waals surface area (Å²) in [4.78, 5) is 0. The van der Waals surface area contributed by atoms with E-state index >= 15 is 0 Å². The fourth-order valence-electron chi connectivity index (χ4n) is 0.693. The van der Waals surface area contributed by atoms with E-state index in [2.05, 4.69) is 0 Å². The summed E-state index contributed by atoms with van der Waals surface area (Å²) in [7, 11) is 0. The van der Waals surface area contributed by atoms with Gasteiger partial charge in [0.15, 0.2) is 0 Å². The number of hydrogen-bond acceptors (Lipinski definition) is 3. The van der Waals surface area contributed by atoms with Crippen LogP contribution < -0.4 is 5.49 Å². The summed E-state index contributed by atoms with van der Waals surface area (Å²) < 4.78 is 1.31. The lowest BCUT2D eigenvalue weighted by Gasteiger charge is -1.95. The second-order valence-electron chi connectivity index (χ2n) is 1.95. The molecular weight excluding hydrogens is 140 g/mol. The van der Waals surface area contributed by atoms with Gasteiger partial charge in [0.1, 0.15) is 5.49 Å². The van der Waals surface area contributed by atoms with Gasteiger partial charge in [-0.2, -0.15) is 5.26 Å². The van der Waals surface area contributed by atoms with E-state index in [4.69, 9.17) is 16.1 Å². The van der Waals surface area contributed by atoms with Crippen molar-refractivity contribution in [1.29, 1.82) is 16.1 Å². The van der Waals surface area contributed by atoms with Gasteiger partial charge in [0.2, 0.25) is 0 Å². The topological polar surface area (TPSA) is 76.4 Å². The summed E-state index contributed by atoms with van der Waals surface area (Å²) >= 11 is 0. The molecule has 2 N–H and O–H groups in total. The Bertz CT molecular complexity index is 369. The predicted octanol–water partition coefficient (Wildman–Crippen LogP) is 0.294. The van der Waals surface area contributed by atoms with E-state index in [0.29, 0.717) is 5.56 Å². The van der Waals surface area contributed by atoms with Crippen molar-refractivity contribution in [2.24, 2.45) is 0 Å². The van der Waals surface area contributed by atoms with E-state index in [-0.39, 0.29) is 5.49 Å². The molecule has 1 rings (SSSR count). The fraction of sp³-hybridized carbons (Fsp3) is 0. The molecule has 0 bridgehead atoms. The van der Waals surface area contributed by atoms with Gasteiger partial charge >= 0.3 is 0 Å². The molecule has 1 aromatic rings. The van der Waals surface area contributed by atoms with Crippen LogP contribution in [0.2, 0.25) is 0 Å². The maximum atomic E-state index is 8.43. The molecular formula is C7H6N4. The number of nitriles is 1. The molecule has 0 unspecified atom stereocenters. The highest BCUT2D eigenvalue weighted by Gasteiger charge is 1.90. The van der Waals surface area contributed by atoms with E-state index in [9.17, 15) is 0 Å². The van der Waals surface area contributed by atoms with Gasteiger partial charge in [-0.3, -0.25) is 15.4 Å². The standard InChI is InChI=1S/C7H6N4/c8-4-6-1-2-11(5-9)7(10)3-6/h1-3,5,9-10H. The molecule has 0 fully saturated rings. The van der Waals surface area contributed by atoms with Crippen molar-refractivity contribution < 1.29 is 0 Å². The lowest BCUT2D eigenvalue weighted by molar-refractivity contribution is 0.983. The average molecular weight is 146 g/mol. The normalized spacial score (nSPS) is 8.64. The first-order valence-electron chi connectivity index (χ1n) is 2.95. The summed E-state index contributed by atoms with van der Waals surface area (Å²) in [5.41, 5.74) is 0.576. The van der Waals surface area contributed by atoms with Crippen LogP contribution in [-0.4, -0.2) is 10.9 Å². The van der Waals surface area contributed by atoms with Gasteiger partial charge < -0.3 is 0 Å². The molecule has 1 aromatic heterocycles. The molecule has 54 valence electrons. The van der Waals surface area contributed by atoms with E-state index in [0.717, 1.165) is 6.34 Å². The van der Waals surface area contributed by atoms with Gasteiger partial charge in [-0.25, -0.2) is 0 Å². The SMILES string of the molecule is N#Cc1ccn(C=N)c(=N)c1. The third-order valence-electron chi connectivity index (χ3n) is 1.25. The van der Waals surface area contributed by atoms with Gasteiger partial charge in [0.25, 0.3) is 0 Å². The molecule has 1 heterocycles. The second-order valence-corrected chi connectivity index (χ2v) is 1.95. The maximum Gasteiger partial charge on any atom is 0.131 e. The zero-order valence-electron chi connectivity index (χ0n) is 5.70. The molecule has 0 aliphatic heterocycles. The smallest absolute Gasteiger partial charge is 0.131 e. The van der Waals surface area contributed by atoms with E-state index in [1.54, 1.807) is 6.07 Å². The van der Waals surface area contributed by atoms with E-state index in [1.807, 2.05) is 6.07 Å². The minimum Gasteiger partial charge on any atom is -0.293 e. The number of rotatable bonds is 1. The van der Waals surface area contributed by atoms with Crippen molar-refractivity contribution in [3.63, 3.8) is 0 Å². The molecule has 0 radical (unpaired) electrons. The quantitative estimate of drug-likeness (QED) is 0.433. The zero-order valence-corrected chi connectivity index (χ0v) is 5.70. The summed E-state index contributed by atoms with van der Waals surface area (Å²) in [5.74, 6) is 0. The van der Waals surface area contributed by atoms with Crippen molar-refractivity contribution in [3.8, 4) is 6.07 Å². The molecule has 4 heteroatoms. The Morgan fingerprint density at radius 1 is 1.64 bits per heavy atom. The van der Waals surface area contributed by atoms with Crippen molar-refractivity contribution >= 4 is 6.34 Å². The van der Waals surface area contributed by atoms with Crippen LogP contribution in [-0.2, 0) is 0 Å². The second kappa shape index (κ2) is 2.80. The Labute approximate surface area is 63.4 Å². The molecule has 0 saturated heterocycles. The minimum atomic E-state index is 0.138. The first-order valence-corrected chi connectivity index (χ1v) is 2.95. The zero-order chi connectivity index (χ0) is 8.27. The minimum absolute atomic E-state index is 0.138. The van der Waals surface area contributed by atoms with Crippen LogP contribution in [0, 0.1) is 22.1 Å². The van der Waals surface area contributed by atoms with Gasteiger partial charge in [0.05, 0.1) is 18.0 Å². The largest absolute Gasteiger partial charge is 0.293 e. The number of hydrogen-bond donors (Lipinski definition) is 2. The Balaban J connectivity index is 3.34. The van der Waals surface area contributed by atoms with Gasteiger partial charge in [0, 0.05) is 6.20 Å². The van der Waals surface area contributed by atoms with Crippen molar-refractivity contribution in [2.45, 2.75) is 0 Å². The highest BCUT2D eigenvalue weighted by Crippen LogP contribution is 1.88. The van der Waals surface area contributed by atoms with Crippen LogP contribution in [0.15, 0.2) is 18.3 Å². The van der Waals surface area contributed by atoms with Crippen molar-refractivity contribution in [3.05, 3.63) is 29.4 Å². The molecule has 0 atom stereocenters. The molecule has 0 amide bonds. The third-order valence-corrected chi connectivity index (χ3v) is 1.25. The summed E-state index contributed by atoms with van der Waals surface area (Å²) in [6.45, 7) is 0. The molecule has 0 aliphatic rings. The molecule has 0 aliphatic carbocycles. The summed E-state index contributed by atoms with van der Waals surface area (Å²) in [6, 6.07) is 4.88. The Hall–Kier alpha value is -1.89. The first-order chi connectivity index (χ1) is 5.27. The lowest BCUT2D eigenvalue weighted by Crippen LogP contribution is -2.17. The lowest BCUT2D eigenvalue weighted by atomic mass is 10.3. The number of nitrogens with zero attached hydrogens (tertiary/aromatic N) is 2. The molecule has 0 saturated carbocycles. The number of nitrogens with one attached hydrogen (secondary N) is 2. The average Bonchev–Trinajstić information content (AvgIpc) is 2.04. The Kier molecular flexibility index (Phi) is 1.83. The number of pyridine rings is 1. The van der Waals surface area contributed by atoms with Crippen LogP contribution >= 0.6 is 0 Å². The van der Waals surface area contributed by atoms with Crippen LogP contribution in [0.25, 0.3) is 0 Å². The van der Waals surface area contributed by atoms with Crippen LogP contribution in [0.4, 0.5) is 0 Å². The van der Waals surface area contributed by atoms with E-state index < -0.39 is 0 Å². The molecule has 4 nitrogen and oxygen atoms in total. The van der Waals surface area contributed by atoms with Crippen LogP contribution in [0.1, 0.15) is 5.56 Å². The molecule has 0 aromatic carbocycles. The summed E-state index contributed by atoms with van der Waals surface area (Å²) in [6.07, 6.45) is 2.53. The van der Waals surface area contributed by atoms with Crippen molar-refractivity contribution in [2.75, 3.05) is 0 Å². The van der Waals surface area contributed by atoms with Crippen LogP contribution in [0.3, 0.4) is 0 Å². The fourth-order valence-corrected chi connectivity index (χ4v) is 0.693. The van der Waals surface area contributed by atoms with Gasteiger partial charge in [-0.05, 0) is 12.1 Å². The van der Waals surface area contributed by atoms with Gasteiger partial charge in [-0.15, -0.1) is 0 Å². The number of aromatic nitrogens is 1. The monoisotopic (exact) mass is 146 g/mol. The van der Waals surface area contributed by atoms with Gasteiger partial charge in [-0.1, -0.05) is 0 Å². The van der Waals surface area contributed by atoms with Crippen LogP contribution in [0.5, 0.6) is 0 Å². The maximum absolute atomic E-state index is 8.43. The Morgan fingerprint density at radius 2 is 2.36 bits per heavy atom. The highest BCUT2D eigenvalue weighted by molar-refractivity contribution is 5.54. The Morgan fingerprint density at radius 3 is 2.82 bits per heavy atom. The van der Waals surface area contributed by atoms with Crippen molar-refractivity contribution in [1.82, 2.24) is 4.57 Å². The predicted molar refractivity (Wildman–Crippen MR) is 39.2 cm³/mol. The highest BCUT2D eigenvalue weighted by atomic mass is 15.0. The summed E-state index contributed by atoms with van der Waals surface area (Å²) in [5, 5.41) is 22.5. The third kappa shape index (κ3) is 1.33. The molecule has 0 spiro atoms. The molecule has 11 heavy (non-hydrogen) atoms. The first kappa shape index (κ1) is 7.22. The van der Waals surface area contributed by atoms with E-state index in [1.165, 1.54) is 16.8 Å².